The summed E-state index contributed by atoms with van der Waals surface area (Å²) in [6, 6.07) is 1.98. The predicted octanol–water partition coefficient (Wildman–Crippen LogP) is 2.96. The number of halogens is 1. The molecule has 4 heteroatoms. The average molecular weight is 274 g/mol. The molecule has 1 rings (SSSR count). The molecule has 1 aromatic rings. The number of hydrogen-bond acceptors (Lipinski definition) is 3. The highest BCUT2D eigenvalue weighted by Crippen LogP contribution is 2.23. The van der Waals surface area contributed by atoms with Gasteiger partial charge in [0.1, 0.15) is 6.10 Å². The van der Waals surface area contributed by atoms with E-state index in [9.17, 15) is 0 Å². The first kappa shape index (κ1) is 12.5. The van der Waals surface area contributed by atoms with E-state index in [2.05, 4.69) is 20.9 Å². The van der Waals surface area contributed by atoms with Gasteiger partial charge in [-0.15, -0.1) is 0 Å². The zero-order chi connectivity index (χ0) is 11.3. The molecule has 0 spiro atoms. The maximum Gasteiger partial charge on any atom is 0.228 e. The first-order valence-electron chi connectivity index (χ1n) is 5.00. The van der Waals surface area contributed by atoms with Gasteiger partial charge >= 0.3 is 0 Å². The Morgan fingerprint density at radius 2 is 2.27 bits per heavy atom. The Balaban J connectivity index is 2.56. The molecule has 0 bridgehead atoms. The maximum atomic E-state index is 5.62. The Hall–Kier alpha value is -0.610. The first-order chi connectivity index (χ1) is 7.13. The molecule has 1 aromatic heterocycles. The molecule has 0 radical (unpaired) electrons. The minimum Gasteiger partial charge on any atom is -0.471 e. The molecule has 0 saturated carbocycles. The summed E-state index contributed by atoms with van der Waals surface area (Å²) < 4.78 is 11.8. The summed E-state index contributed by atoms with van der Waals surface area (Å²) >= 11 is 3.42. The Bertz CT molecular complexity index is 317. The summed E-state index contributed by atoms with van der Waals surface area (Å²) in [5, 5.41) is 0. The molecule has 84 valence electrons. The summed E-state index contributed by atoms with van der Waals surface area (Å²) in [7, 11) is 0. The molecule has 0 N–H and O–H groups in total. The van der Waals surface area contributed by atoms with Crippen LogP contribution in [0.1, 0.15) is 19.4 Å². The summed E-state index contributed by atoms with van der Waals surface area (Å²) in [5.41, 5.74) is 1.10. The molecule has 0 amide bonds. The van der Waals surface area contributed by atoms with Gasteiger partial charge in [-0.2, -0.15) is 0 Å². The van der Waals surface area contributed by atoms with Crippen LogP contribution in [0.25, 0.3) is 0 Å². The Morgan fingerprint density at radius 3 is 2.87 bits per heavy atom. The van der Waals surface area contributed by atoms with Crippen LogP contribution in [0.5, 0.6) is 5.88 Å². The van der Waals surface area contributed by atoms with Crippen molar-refractivity contribution in [1.29, 1.82) is 0 Å². The monoisotopic (exact) mass is 273 g/mol. The fraction of sp³-hybridized carbons (Fsp3) is 0.545. The summed E-state index contributed by atoms with van der Waals surface area (Å²) in [5.74, 6) is 0.618. The van der Waals surface area contributed by atoms with E-state index >= 15 is 0 Å². The van der Waals surface area contributed by atoms with E-state index in [4.69, 9.17) is 9.47 Å². The van der Waals surface area contributed by atoms with E-state index in [-0.39, 0.29) is 6.10 Å². The lowest BCUT2D eigenvalue weighted by Crippen LogP contribution is -2.19. The van der Waals surface area contributed by atoms with Gasteiger partial charge in [0.2, 0.25) is 5.88 Å². The Morgan fingerprint density at radius 1 is 1.53 bits per heavy atom. The van der Waals surface area contributed by atoms with E-state index in [0.717, 1.165) is 10.0 Å². The van der Waals surface area contributed by atoms with Crippen LogP contribution in [0.4, 0.5) is 0 Å². The van der Waals surface area contributed by atoms with Crippen LogP contribution in [-0.4, -0.2) is 24.3 Å². The van der Waals surface area contributed by atoms with E-state index in [1.807, 2.05) is 26.8 Å². The normalized spacial score (nSPS) is 12.5. The third kappa shape index (κ3) is 4.18. The van der Waals surface area contributed by atoms with Crippen LogP contribution >= 0.6 is 15.9 Å². The zero-order valence-corrected chi connectivity index (χ0v) is 10.9. The molecule has 0 aromatic carbocycles. The molecule has 1 heterocycles. The van der Waals surface area contributed by atoms with E-state index < -0.39 is 0 Å². The van der Waals surface area contributed by atoms with Crippen molar-refractivity contribution in [3.63, 3.8) is 0 Å². The lowest BCUT2D eigenvalue weighted by atomic mass is 10.3. The van der Waals surface area contributed by atoms with Gasteiger partial charge in [-0.05, 0) is 48.3 Å². The van der Waals surface area contributed by atoms with Crippen LogP contribution in [-0.2, 0) is 4.74 Å². The highest BCUT2D eigenvalue weighted by Gasteiger charge is 2.08. The molecule has 1 unspecified atom stereocenters. The molecular weight excluding hydrogens is 258 g/mol. The molecule has 1 atom stereocenters. The second kappa shape index (κ2) is 6.08. The van der Waals surface area contributed by atoms with Gasteiger partial charge in [0, 0.05) is 12.8 Å². The van der Waals surface area contributed by atoms with Crippen LogP contribution < -0.4 is 4.74 Å². The topological polar surface area (TPSA) is 31.4 Å². The SMILES string of the molecule is CCOCC(C)Oc1ncc(C)cc1Br. The van der Waals surface area contributed by atoms with Crippen molar-refractivity contribution in [3.05, 3.63) is 22.3 Å². The lowest BCUT2D eigenvalue weighted by molar-refractivity contribution is 0.0629. The second-order valence-electron chi connectivity index (χ2n) is 3.39. The van der Waals surface area contributed by atoms with Crippen molar-refractivity contribution in [2.45, 2.75) is 26.9 Å². The van der Waals surface area contributed by atoms with Crippen molar-refractivity contribution >= 4 is 15.9 Å². The van der Waals surface area contributed by atoms with Crippen molar-refractivity contribution in [2.75, 3.05) is 13.2 Å². The third-order valence-electron chi connectivity index (χ3n) is 1.81. The van der Waals surface area contributed by atoms with Gasteiger partial charge in [0.05, 0.1) is 11.1 Å². The van der Waals surface area contributed by atoms with Gasteiger partial charge in [-0.25, -0.2) is 4.98 Å². The van der Waals surface area contributed by atoms with Crippen molar-refractivity contribution in [2.24, 2.45) is 0 Å². The number of aromatic nitrogens is 1. The molecule has 3 nitrogen and oxygen atoms in total. The van der Waals surface area contributed by atoms with Crippen molar-refractivity contribution in [1.82, 2.24) is 4.98 Å². The van der Waals surface area contributed by atoms with Crippen LogP contribution in [0.2, 0.25) is 0 Å². The zero-order valence-electron chi connectivity index (χ0n) is 9.29. The molecule has 0 aliphatic rings. The molecule has 0 aliphatic carbocycles. The second-order valence-corrected chi connectivity index (χ2v) is 4.24. The van der Waals surface area contributed by atoms with Gasteiger partial charge < -0.3 is 9.47 Å². The fourth-order valence-electron chi connectivity index (χ4n) is 1.12. The smallest absolute Gasteiger partial charge is 0.228 e. The summed E-state index contributed by atoms with van der Waals surface area (Å²) in [4.78, 5) is 4.20. The summed E-state index contributed by atoms with van der Waals surface area (Å²) in [6.45, 7) is 7.20. The van der Waals surface area contributed by atoms with Gasteiger partial charge in [0.15, 0.2) is 0 Å². The number of hydrogen-bond donors (Lipinski definition) is 0. The van der Waals surface area contributed by atoms with Crippen LogP contribution in [0.3, 0.4) is 0 Å². The number of ether oxygens (including phenoxy) is 2. The number of nitrogens with zero attached hydrogens (tertiary/aromatic N) is 1. The standard InChI is InChI=1S/C11H16BrNO2/c1-4-14-7-9(3)15-11-10(12)5-8(2)6-13-11/h5-6,9H,4,7H2,1-3H3. The average Bonchev–Trinajstić information content (AvgIpc) is 2.19. The van der Waals surface area contributed by atoms with E-state index in [1.54, 1.807) is 6.20 Å². The van der Waals surface area contributed by atoms with Crippen molar-refractivity contribution < 1.29 is 9.47 Å². The van der Waals surface area contributed by atoms with Gasteiger partial charge in [-0.3, -0.25) is 0 Å². The molecular formula is C11H16BrNO2. The Labute approximate surface area is 98.9 Å². The lowest BCUT2D eigenvalue weighted by Gasteiger charge is -2.14. The predicted molar refractivity (Wildman–Crippen MR) is 63.3 cm³/mol. The first-order valence-corrected chi connectivity index (χ1v) is 5.79. The number of aryl methyl sites for hydroxylation is 1. The van der Waals surface area contributed by atoms with Crippen molar-refractivity contribution in [3.8, 4) is 5.88 Å². The third-order valence-corrected chi connectivity index (χ3v) is 2.38. The molecule has 0 fully saturated rings. The van der Waals surface area contributed by atoms with Gasteiger partial charge in [0.25, 0.3) is 0 Å². The summed E-state index contributed by atoms with van der Waals surface area (Å²) in [6.07, 6.45) is 1.80. The highest BCUT2D eigenvalue weighted by molar-refractivity contribution is 9.10. The largest absolute Gasteiger partial charge is 0.471 e. The van der Waals surface area contributed by atoms with Crippen LogP contribution in [0, 0.1) is 6.92 Å². The number of rotatable bonds is 5. The Kier molecular flexibility index (Phi) is 5.05. The maximum absolute atomic E-state index is 5.62. The number of pyridine rings is 1. The quantitative estimate of drug-likeness (QED) is 0.827. The van der Waals surface area contributed by atoms with E-state index in [1.165, 1.54) is 0 Å². The minimum atomic E-state index is 0.0106. The molecule has 0 saturated heterocycles. The fourth-order valence-corrected chi connectivity index (χ4v) is 1.67. The minimum absolute atomic E-state index is 0.0106. The van der Waals surface area contributed by atoms with E-state index in [0.29, 0.717) is 19.1 Å². The van der Waals surface area contributed by atoms with Crippen LogP contribution in [0.15, 0.2) is 16.7 Å². The molecule has 0 aliphatic heterocycles. The van der Waals surface area contributed by atoms with Gasteiger partial charge in [-0.1, -0.05) is 0 Å². The highest BCUT2D eigenvalue weighted by atomic mass is 79.9. The molecule has 15 heavy (non-hydrogen) atoms.